The Morgan fingerprint density at radius 2 is 1.84 bits per heavy atom. The Bertz CT molecular complexity index is 1060. The van der Waals surface area contributed by atoms with Crippen molar-refractivity contribution in [2.45, 2.75) is 32.8 Å². The minimum Gasteiger partial charge on any atom is -0.486 e. The number of fused-ring (bicyclic) bond motifs is 1. The Labute approximate surface area is 180 Å². The SMILES string of the molecule is Cc1nc(COc2ccc(C(=O)NCC(C)(C)c3ccc4c(c3)OCCO4)cc2)no1. The first-order chi connectivity index (χ1) is 14.9. The fourth-order valence-corrected chi connectivity index (χ4v) is 3.22. The van der Waals surface area contributed by atoms with Crippen molar-refractivity contribution >= 4 is 5.91 Å². The summed E-state index contributed by atoms with van der Waals surface area (Å²) in [6.45, 7) is 7.66. The van der Waals surface area contributed by atoms with Crippen LogP contribution in [0.5, 0.6) is 17.2 Å². The first-order valence-corrected chi connectivity index (χ1v) is 10.1. The zero-order valence-electron chi connectivity index (χ0n) is 17.8. The van der Waals surface area contributed by atoms with Gasteiger partial charge in [-0.25, -0.2) is 0 Å². The highest BCUT2D eigenvalue weighted by Gasteiger charge is 2.24. The number of hydrogen-bond acceptors (Lipinski definition) is 7. The topological polar surface area (TPSA) is 95.7 Å². The minimum atomic E-state index is -0.280. The Hall–Kier alpha value is -3.55. The van der Waals surface area contributed by atoms with Crippen LogP contribution in [-0.2, 0) is 12.0 Å². The van der Waals surface area contributed by atoms with Crippen LogP contribution in [0.3, 0.4) is 0 Å². The number of amides is 1. The third kappa shape index (κ3) is 4.96. The molecule has 1 amide bonds. The number of rotatable bonds is 7. The predicted molar refractivity (Wildman–Crippen MR) is 113 cm³/mol. The average Bonchev–Trinajstić information content (AvgIpc) is 3.21. The standard InChI is InChI=1S/C23H25N3O5/c1-15-25-21(26-31-15)13-30-18-7-4-16(5-8-18)22(27)24-14-23(2,3)17-6-9-19-20(12-17)29-11-10-28-19/h4-9,12H,10-11,13-14H2,1-3H3,(H,24,27). The average molecular weight is 423 g/mol. The molecule has 0 spiro atoms. The second kappa shape index (κ2) is 8.67. The van der Waals surface area contributed by atoms with Gasteiger partial charge in [0, 0.05) is 24.4 Å². The van der Waals surface area contributed by atoms with Crippen molar-refractivity contribution in [1.29, 1.82) is 0 Å². The van der Waals surface area contributed by atoms with Gasteiger partial charge in [0.1, 0.15) is 19.0 Å². The maximum absolute atomic E-state index is 12.6. The monoisotopic (exact) mass is 423 g/mol. The van der Waals surface area contributed by atoms with Gasteiger partial charge in [-0.15, -0.1) is 0 Å². The zero-order chi connectivity index (χ0) is 21.8. The summed E-state index contributed by atoms with van der Waals surface area (Å²) in [7, 11) is 0. The number of benzene rings is 2. The van der Waals surface area contributed by atoms with Gasteiger partial charge >= 0.3 is 0 Å². The van der Waals surface area contributed by atoms with Crippen LogP contribution in [0.1, 0.15) is 41.5 Å². The van der Waals surface area contributed by atoms with E-state index in [2.05, 4.69) is 29.3 Å². The van der Waals surface area contributed by atoms with E-state index in [1.165, 1.54) is 0 Å². The number of hydrogen-bond donors (Lipinski definition) is 1. The van der Waals surface area contributed by atoms with Crippen LogP contribution in [0.25, 0.3) is 0 Å². The molecular formula is C23H25N3O5. The van der Waals surface area contributed by atoms with E-state index >= 15 is 0 Å². The Kier molecular flexibility index (Phi) is 5.79. The van der Waals surface area contributed by atoms with Crippen LogP contribution < -0.4 is 19.5 Å². The molecule has 0 unspecified atom stereocenters. The van der Waals surface area contributed by atoms with Crippen LogP contribution in [0, 0.1) is 6.92 Å². The second-order valence-corrected chi connectivity index (χ2v) is 7.97. The Morgan fingerprint density at radius 1 is 1.10 bits per heavy atom. The first-order valence-electron chi connectivity index (χ1n) is 10.1. The van der Waals surface area contributed by atoms with Crippen LogP contribution in [0.15, 0.2) is 47.0 Å². The van der Waals surface area contributed by atoms with Gasteiger partial charge < -0.3 is 24.1 Å². The van der Waals surface area contributed by atoms with Gasteiger partial charge in [-0.3, -0.25) is 4.79 Å². The molecule has 1 aromatic heterocycles. The summed E-state index contributed by atoms with van der Waals surface area (Å²) in [5, 5.41) is 6.80. The van der Waals surface area contributed by atoms with Gasteiger partial charge in [-0.1, -0.05) is 25.1 Å². The Balaban J connectivity index is 1.33. The van der Waals surface area contributed by atoms with Crippen LogP contribution in [0.2, 0.25) is 0 Å². The number of nitrogens with one attached hydrogen (secondary N) is 1. The first kappa shape index (κ1) is 20.7. The summed E-state index contributed by atoms with van der Waals surface area (Å²) >= 11 is 0. The maximum atomic E-state index is 12.6. The van der Waals surface area contributed by atoms with E-state index in [4.69, 9.17) is 18.7 Å². The van der Waals surface area contributed by atoms with Gasteiger partial charge in [-0.2, -0.15) is 4.98 Å². The molecule has 1 N–H and O–H groups in total. The lowest BCUT2D eigenvalue weighted by Crippen LogP contribution is -2.36. The fraction of sp³-hybridized carbons (Fsp3) is 0.348. The fourth-order valence-electron chi connectivity index (χ4n) is 3.22. The van der Waals surface area contributed by atoms with E-state index in [1.807, 2.05) is 18.2 Å². The molecule has 3 aromatic rings. The van der Waals surface area contributed by atoms with Gasteiger partial charge in [0.25, 0.3) is 5.91 Å². The van der Waals surface area contributed by atoms with Gasteiger partial charge in [0.05, 0.1) is 0 Å². The molecule has 2 heterocycles. The molecule has 0 radical (unpaired) electrons. The van der Waals surface area contributed by atoms with E-state index in [0.717, 1.165) is 17.1 Å². The quantitative estimate of drug-likeness (QED) is 0.622. The number of carbonyl (C=O) groups excluding carboxylic acids is 1. The van der Waals surface area contributed by atoms with E-state index in [0.29, 0.717) is 42.8 Å². The van der Waals surface area contributed by atoms with Crippen LogP contribution >= 0.6 is 0 Å². The molecular weight excluding hydrogens is 398 g/mol. The molecule has 31 heavy (non-hydrogen) atoms. The summed E-state index contributed by atoms with van der Waals surface area (Å²) < 4.78 is 21.8. The highest BCUT2D eigenvalue weighted by molar-refractivity contribution is 5.94. The predicted octanol–water partition coefficient (Wildman–Crippen LogP) is 3.44. The molecule has 4 rings (SSSR count). The number of ether oxygens (including phenoxy) is 3. The summed E-state index contributed by atoms with van der Waals surface area (Å²) in [5.41, 5.74) is 1.34. The van der Waals surface area contributed by atoms with Crippen LogP contribution in [-0.4, -0.2) is 35.8 Å². The largest absolute Gasteiger partial charge is 0.486 e. The Morgan fingerprint density at radius 3 is 2.55 bits per heavy atom. The maximum Gasteiger partial charge on any atom is 0.251 e. The highest BCUT2D eigenvalue weighted by Crippen LogP contribution is 2.35. The molecule has 8 heteroatoms. The number of aromatic nitrogens is 2. The molecule has 1 aliphatic rings. The molecule has 1 aliphatic heterocycles. The lowest BCUT2D eigenvalue weighted by molar-refractivity contribution is 0.0945. The third-order valence-electron chi connectivity index (χ3n) is 5.07. The smallest absolute Gasteiger partial charge is 0.251 e. The molecule has 162 valence electrons. The minimum absolute atomic E-state index is 0.147. The third-order valence-corrected chi connectivity index (χ3v) is 5.07. The van der Waals surface area contributed by atoms with E-state index in [9.17, 15) is 4.79 Å². The lowest BCUT2D eigenvalue weighted by atomic mass is 9.84. The second-order valence-electron chi connectivity index (χ2n) is 7.97. The van der Waals surface area contributed by atoms with Crippen molar-refractivity contribution in [3.05, 3.63) is 65.3 Å². The summed E-state index contributed by atoms with van der Waals surface area (Å²) in [6.07, 6.45) is 0. The van der Waals surface area contributed by atoms with Crippen molar-refractivity contribution in [2.24, 2.45) is 0 Å². The molecule has 8 nitrogen and oxygen atoms in total. The van der Waals surface area contributed by atoms with Crippen molar-refractivity contribution in [1.82, 2.24) is 15.5 Å². The van der Waals surface area contributed by atoms with Gasteiger partial charge in [0.2, 0.25) is 11.7 Å². The molecule has 0 aliphatic carbocycles. The van der Waals surface area contributed by atoms with Gasteiger partial charge in [0.15, 0.2) is 18.1 Å². The summed E-state index contributed by atoms with van der Waals surface area (Å²) in [4.78, 5) is 16.7. The molecule has 0 bridgehead atoms. The van der Waals surface area contributed by atoms with Crippen molar-refractivity contribution in [2.75, 3.05) is 19.8 Å². The molecule has 2 aromatic carbocycles. The van der Waals surface area contributed by atoms with E-state index in [1.54, 1.807) is 31.2 Å². The number of carbonyl (C=O) groups is 1. The number of nitrogens with zero attached hydrogens (tertiary/aromatic N) is 2. The van der Waals surface area contributed by atoms with Gasteiger partial charge in [-0.05, 0) is 42.0 Å². The van der Waals surface area contributed by atoms with Crippen molar-refractivity contribution < 1.29 is 23.5 Å². The molecule has 0 atom stereocenters. The lowest BCUT2D eigenvalue weighted by Gasteiger charge is -2.28. The zero-order valence-corrected chi connectivity index (χ0v) is 17.8. The molecule has 0 fully saturated rings. The van der Waals surface area contributed by atoms with E-state index in [-0.39, 0.29) is 17.9 Å². The van der Waals surface area contributed by atoms with Crippen molar-refractivity contribution in [3.8, 4) is 17.2 Å². The molecule has 0 saturated carbocycles. The number of aryl methyl sites for hydroxylation is 1. The highest BCUT2D eigenvalue weighted by atomic mass is 16.6. The van der Waals surface area contributed by atoms with E-state index < -0.39 is 0 Å². The molecule has 0 saturated heterocycles. The summed E-state index contributed by atoms with van der Waals surface area (Å²) in [6, 6.07) is 12.9. The van der Waals surface area contributed by atoms with Crippen LogP contribution in [0.4, 0.5) is 0 Å². The normalized spacial score (nSPS) is 13.0. The summed E-state index contributed by atoms with van der Waals surface area (Å²) in [5.74, 6) is 2.94. The van der Waals surface area contributed by atoms with Crippen molar-refractivity contribution in [3.63, 3.8) is 0 Å².